The molecule has 7 heteroatoms. The Balaban J connectivity index is 1.40. The Bertz CT molecular complexity index is 937. The fourth-order valence-electron chi connectivity index (χ4n) is 5.37. The van der Waals surface area contributed by atoms with Crippen molar-refractivity contribution >= 4 is 11.1 Å². The van der Waals surface area contributed by atoms with Crippen LogP contribution in [0.15, 0.2) is 21.3 Å². The van der Waals surface area contributed by atoms with Crippen LogP contribution in [0.4, 0.5) is 4.39 Å². The molecule has 1 aromatic carbocycles. The summed E-state index contributed by atoms with van der Waals surface area (Å²) < 4.78 is 32.3. The first-order chi connectivity index (χ1) is 14.9. The zero-order chi connectivity index (χ0) is 22.0. The second-order valence-corrected chi connectivity index (χ2v) is 9.28. The van der Waals surface area contributed by atoms with Gasteiger partial charge in [-0.25, -0.2) is 9.18 Å². The van der Waals surface area contributed by atoms with Crippen molar-refractivity contribution in [3.63, 3.8) is 0 Å². The minimum atomic E-state index is -0.374. The summed E-state index contributed by atoms with van der Waals surface area (Å²) in [5.41, 5.74) is 1.88. The number of aromatic nitrogens is 1. The summed E-state index contributed by atoms with van der Waals surface area (Å²) in [4.78, 5) is 15.2. The minimum absolute atomic E-state index is 0.0949. The van der Waals surface area contributed by atoms with E-state index in [1.165, 1.54) is 6.07 Å². The standard InChI is InChI=1S/C24H35FN2O4/c1-4-17-15-21-22(16-20(17)25)31-23(28)27(21)18-7-11-26(12-8-18)24(2)9-5-19(6-10-24)30-14-13-29-3/h15-16,18-19H,4-14H2,1-3H3. The number of piperidine rings is 1. The van der Waals surface area contributed by atoms with Gasteiger partial charge in [0.15, 0.2) is 5.58 Å². The van der Waals surface area contributed by atoms with Crippen molar-refractivity contribution in [3.8, 4) is 0 Å². The number of oxazole rings is 1. The van der Waals surface area contributed by atoms with Crippen LogP contribution in [0.5, 0.6) is 0 Å². The number of nitrogens with zero attached hydrogens (tertiary/aromatic N) is 2. The maximum atomic E-state index is 14.1. The van der Waals surface area contributed by atoms with Gasteiger partial charge in [0, 0.05) is 37.8 Å². The Morgan fingerprint density at radius 2 is 1.87 bits per heavy atom. The van der Waals surface area contributed by atoms with Crippen LogP contribution in [-0.2, 0) is 15.9 Å². The Labute approximate surface area is 183 Å². The van der Waals surface area contributed by atoms with E-state index in [0.717, 1.165) is 57.1 Å². The summed E-state index contributed by atoms with van der Waals surface area (Å²) in [5.74, 6) is -0.679. The van der Waals surface area contributed by atoms with Crippen molar-refractivity contribution in [2.24, 2.45) is 0 Å². The van der Waals surface area contributed by atoms with Gasteiger partial charge in [0.05, 0.1) is 24.8 Å². The molecule has 2 fully saturated rings. The number of aryl methyl sites for hydroxylation is 1. The molecule has 4 rings (SSSR count). The van der Waals surface area contributed by atoms with Crippen LogP contribution in [-0.4, -0.2) is 54.5 Å². The average Bonchev–Trinajstić information content (AvgIpc) is 3.09. The van der Waals surface area contributed by atoms with Gasteiger partial charge in [0.25, 0.3) is 0 Å². The van der Waals surface area contributed by atoms with E-state index in [-0.39, 0.29) is 23.2 Å². The number of fused-ring (bicyclic) bond motifs is 1. The predicted molar refractivity (Wildman–Crippen MR) is 118 cm³/mol. The fraction of sp³-hybridized carbons (Fsp3) is 0.708. The topological polar surface area (TPSA) is 56.8 Å². The SMILES string of the molecule is CCc1cc2c(cc1F)oc(=O)n2C1CCN(C2(C)CCC(OCCOC)CC2)CC1. The lowest BCUT2D eigenvalue weighted by Gasteiger charge is -2.48. The molecule has 0 unspecified atom stereocenters. The fourth-order valence-corrected chi connectivity index (χ4v) is 5.37. The molecule has 2 heterocycles. The van der Waals surface area contributed by atoms with Crippen LogP contribution in [0.2, 0.25) is 0 Å². The molecule has 0 radical (unpaired) electrons. The van der Waals surface area contributed by atoms with Crippen LogP contribution in [0.1, 0.15) is 64.0 Å². The molecule has 0 spiro atoms. The van der Waals surface area contributed by atoms with Gasteiger partial charge < -0.3 is 13.9 Å². The molecule has 0 atom stereocenters. The van der Waals surface area contributed by atoms with E-state index >= 15 is 0 Å². The first-order valence-electron chi connectivity index (χ1n) is 11.6. The van der Waals surface area contributed by atoms with E-state index in [1.54, 1.807) is 17.7 Å². The van der Waals surface area contributed by atoms with Crippen molar-refractivity contribution in [2.45, 2.75) is 76.5 Å². The lowest BCUT2D eigenvalue weighted by molar-refractivity contribution is -0.0419. The third-order valence-corrected chi connectivity index (χ3v) is 7.41. The molecular formula is C24H35FN2O4. The molecule has 0 N–H and O–H groups in total. The molecule has 0 bridgehead atoms. The highest BCUT2D eigenvalue weighted by Gasteiger charge is 2.38. The second kappa shape index (κ2) is 9.43. The third-order valence-electron chi connectivity index (χ3n) is 7.41. The van der Waals surface area contributed by atoms with E-state index in [9.17, 15) is 9.18 Å². The largest absolute Gasteiger partial charge is 0.420 e. The number of methoxy groups -OCH3 is 1. The molecule has 6 nitrogen and oxygen atoms in total. The van der Waals surface area contributed by atoms with Crippen molar-refractivity contribution in [1.29, 1.82) is 0 Å². The van der Waals surface area contributed by atoms with Crippen LogP contribution < -0.4 is 5.76 Å². The molecule has 1 aliphatic carbocycles. The quantitative estimate of drug-likeness (QED) is 0.608. The summed E-state index contributed by atoms with van der Waals surface area (Å²) in [6, 6.07) is 3.24. The first kappa shape index (κ1) is 22.5. The molecular weight excluding hydrogens is 399 g/mol. The normalized spacial score (nSPS) is 26.0. The highest BCUT2D eigenvalue weighted by molar-refractivity contribution is 5.74. The van der Waals surface area contributed by atoms with Crippen molar-refractivity contribution in [1.82, 2.24) is 9.47 Å². The first-order valence-corrected chi connectivity index (χ1v) is 11.6. The Kier molecular flexibility index (Phi) is 6.84. The van der Waals surface area contributed by atoms with Crippen LogP contribution in [0.25, 0.3) is 11.1 Å². The lowest BCUT2D eigenvalue weighted by atomic mass is 9.79. The minimum Gasteiger partial charge on any atom is -0.408 e. The molecule has 1 aromatic heterocycles. The molecule has 31 heavy (non-hydrogen) atoms. The van der Waals surface area contributed by atoms with E-state index in [2.05, 4.69) is 11.8 Å². The maximum absolute atomic E-state index is 14.1. The Hall–Kier alpha value is -1.70. The predicted octanol–water partition coefficient (Wildman–Crippen LogP) is 4.30. The third kappa shape index (κ3) is 4.59. The van der Waals surface area contributed by atoms with Gasteiger partial charge in [-0.15, -0.1) is 0 Å². The van der Waals surface area contributed by atoms with Crippen LogP contribution >= 0.6 is 0 Å². The van der Waals surface area contributed by atoms with Gasteiger partial charge in [0.2, 0.25) is 0 Å². The number of benzene rings is 1. The average molecular weight is 435 g/mol. The van der Waals surface area contributed by atoms with Crippen LogP contribution in [0.3, 0.4) is 0 Å². The van der Waals surface area contributed by atoms with Gasteiger partial charge in [-0.3, -0.25) is 9.47 Å². The van der Waals surface area contributed by atoms with E-state index in [0.29, 0.717) is 36.9 Å². The molecule has 2 aliphatic rings. The summed E-state index contributed by atoms with van der Waals surface area (Å²) in [6.07, 6.45) is 7.15. The zero-order valence-electron chi connectivity index (χ0n) is 19.0. The second-order valence-electron chi connectivity index (χ2n) is 9.28. The summed E-state index contributed by atoms with van der Waals surface area (Å²) >= 11 is 0. The highest BCUT2D eigenvalue weighted by Crippen LogP contribution is 2.38. The van der Waals surface area contributed by atoms with E-state index < -0.39 is 0 Å². The van der Waals surface area contributed by atoms with E-state index in [4.69, 9.17) is 13.9 Å². The number of ether oxygens (including phenoxy) is 2. The summed E-state index contributed by atoms with van der Waals surface area (Å²) in [7, 11) is 1.70. The van der Waals surface area contributed by atoms with Gasteiger partial charge in [-0.05, 0) is 63.5 Å². The van der Waals surface area contributed by atoms with Crippen LogP contribution in [0, 0.1) is 5.82 Å². The number of hydrogen-bond acceptors (Lipinski definition) is 5. The maximum Gasteiger partial charge on any atom is 0.420 e. The molecule has 0 amide bonds. The monoisotopic (exact) mass is 434 g/mol. The van der Waals surface area contributed by atoms with Gasteiger partial charge in [0.1, 0.15) is 5.82 Å². The molecule has 1 aliphatic heterocycles. The van der Waals surface area contributed by atoms with Gasteiger partial charge in [-0.2, -0.15) is 0 Å². The number of likely N-dealkylation sites (tertiary alicyclic amines) is 1. The molecule has 1 saturated carbocycles. The number of rotatable bonds is 7. The van der Waals surface area contributed by atoms with Crippen molar-refractivity contribution < 1.29 is 18.3 Å². The zero-order valence-corrected chi connectivity index (χ0v) is 19.0. The summed E-state index contributed by atoms with van der Waals surface area (Å²) in [5, 5.41) is 0. The number of hydrogen-bond donors (Lipinski definition) is 0. The summed E-state index contributed by atoms with van der Waals surface area (Å²) in [6.45, 7) is 7.52. The highest BCUT2D eigenvalue weighted by atomic mass is 19.1. The van der Waals surface area contributed by atoms with Gasteiger partial charge in [-0.1, -0.05) is 6.92 Å². The Morgan fingerprint density at radius 3 is 2.52 bits per heavy atom. The van der Waals surface area contributed by atoms with Gasteiger partial charge >= 0.3 is 5.76 Å². The Morgan fingerprint density at radius 1 is 1.16 bits per heavy atom. The smallest absolute Gasteiger partial charge is 0.408 e. The lowest BCUT2D eigenvalue weighted by Crippen LogP contribution is -2.53. The van der Waals surface area contributed by atoms with Crippen molar-refractivity contribution in [2.75, 3.05) is 33.4 Å². The molecule has 1 saturated heterocycles. The molecule has 172 valence electrons. The number of halogens is 1. The van der Waals surface area contributed by atoms with Crippen molar-refractivity contribution in [3.05, 3.63) is 34.1 Å². The van der Waals surface area contributed by atoms with E-state index in [1.807, 2.05) is 6.92 Å². The molecule has 2 aromatic rings.